The number of anilines is 1. The molecule has 0 spiro atoms. The first-order valence-corrected chi connectivity index (χ1v) is 14.0. The van der Waals surface area contributed by atoms with Crippen molar-refractivity contribution >= 4 is 50.7 Å². The highest BCUT2D eigenvalue weighted by Gasteiger charge is 2.34. The number of halogens is 2. The number of para-hydroxylation sites is 2. The molecule has 2 amide bonds. The lowest BCUT2D eigenvalue weighted by Gasteiger charge is -2.33. The van der Waals surface area contributed by atoms with E-state index >= 15 is 0 Å². The summed E-state index contributed by atoms with van der Waals surface area (Å²) >= 11 is 12.8. The highest BCUT2D eigenvalue weighted by Crippen LogP contribution is 2.33. The van der Waals surface area contributed by atoms with Gasteiger partial charge in [-0.3, -0.25) is 13.9 Å². The van der Waals surface area contributed by atoms with Crippen LogP contribution in [-0.2, 0) is 26.2 Å². The average Bonchev–Trinajstić information content (AvgIpc) is 2.93. The molecule has 8 nitrogen and oxygen atoms in total. The first-order valence-electron chi connectivity index (χ1n) is 11.8. The Bertz CT molecular complexity index is 1370. The molecular weight excluding hydrogens is 549 g/mol. The van der Waals surface area contributed by atoms with Crippen LogP contribution >= 0.6 is 23.2 Å². The van der Waals surface area contributed by atoms with E-state index in [1.54, 1.807) is 67.6 Å². The second kappa shape index (κ2) is 13.0. The quantitative estimate of drug-likeness (QED) is 0.354. The van der Waals surface area contributed by atoms with Crippen LogP contribution in [0.15, 0.2) is 77.7 Å². The Morgan fingerprint density at radius 3 is 2.13 bits per heavy atom. The number of nitrogens with zero attached hydrogens (tertiary/aromatic N) is 2. The van der Waals surface area contributed by atoms with E-state index in [1.807, 2.05) is 0 Å². The maximum atomic E-state index is 14.0. The van der Waals surface area contributed by atoms with Crippen molar-refractivity contribution in [3.63, 3.8) is 0 Å². The lowest BCUT2D eigenvalue weighted by atomic mass is 10.1. The first-order chi connectivity index (χ1) is 18.1. The number of ether oxygens (including phenoxy) is 1. The van der Waals surface area contributed by atoms with E-state index < -0.39 is 34.4 Å². The Hall–Kier alpha value is -3.27. The Morgan fingerprint density at radius 1 is 0.947 bits per heavy atom. The fourth-order valence-corrected chi connectivity index (χ4v) is 5.97. The van der Waals surface area contributed by atoms with Crippen molar-refractivity contribution in [2.75, 3.05) is 25.0 Å². The van der Waals surface area contributed by atoms with Crippen LogP contribution in [-0.4, -0.2) is 51.9 Å². The van der Waals surface area contributed by atoms with Crippen molar-refractivity contribution in [3.8, 4) is 5.75 Å². The molecule has 0 saturated carbocycles. The zero-order chi connectivity index (χ0) is 27.9. The van der Waals surface area contributed by atoms with Gasteiger partial charge in [-0.05, 0) is 42.8 Å². The van der Waals surface area contributed by atoms with Gasteiger partial charge in [-0.1, -0.05) is 66.5 Å². The van der Waals surface area contributed by atoms with Crippen LogP contribution < -0.4 is 14.4 Å². The predicted molar refractivity (Wildman–Crippen MR) is 149 cm³/mol. The number of methoxy groups -OCH3 is 1. The minimum Gasteiger partial charge on any atom is -0.495 e. The monoisotopic (exact) mass is 577 g/mol. The normalized spacial score (nSPS) is 11.9. The number of hydrogen-bond donors (Lipinski definition) is 1. The Labute approximate surface area is 233 Å². The lowest BCUT2D eigenvalue weighted by molar-refractivity contribution is -0.140. The second-order valence-electron chi connectivity index (χ2n) is 8.26. The summed E-state index contributed by atoms with van der Waals surface area (Å²) in [5, 5.41) is 3.21. The average molecular weight is 579 g/mol. The van der Waals surface area contributed by atoms with Crippen LogP contribution in [0.3, 0.4) is 0 Å². The highest BCUT2D eigenvalue weighted by molar-refractivity contribution is 7.92. The van der Waals surface area contributed by atoms with Gasteiger partial charge < -0.3 is 15.0 Å². The number of likely N-dealkylation sites (N-methyl/N-ethyl adjacent to an activating group) is 1. The van der Waals surface area contributed by atoms with Gasteiger partial charge >= 0.3 is 0 Å². The lowest BCUT2D eigenvalue weighted by Crippen LogP contribution is -2.51. The molecule has 0 aliphatic rings. The van der Waals surface area contributed by atoms with E-state index in [1.165, 1.54) is 31.2 Å². The van der Waals surface area contributed by atoms with Crippen LogP contribution in [0.1, 0.15) is 18.9 Å². The molecule has 11 heteroatoms. The van der Waals surface area contributed by atoms with E-state index in [2.05, 4.69) is 5.32 Å². The highest BCUT2D eigenvalue weighted by atomic mass is 35.5. The third-order valence-electron chi connectivity index (χ3n) is 5.99. The first kappa shape index (κ1) is 29.3. The van der Waals surface area contributed by atoms with Crippen LogP contribution in [0, 0.1) is 0 Å². The maximum absolute atomic E-state index is 14.0. The summed E-state index contributed by atoms with van der Waals surface area (Å²) in [5.41, 5.74) is 0.622. The molecule has 38 heavy (non-hydrogen) atoms. The number of benzene rings is 3. The third kappa shape index (κ3) is 6.40. The van der Waals surface area contributed by atoms with Gasteiger partial charge in [0.2, 0.25) is 11.8 Å². The van der Waals surface area contributed by atoms with Crippen LogP contribution in [0.4, 0.5) is 5.69 Å². The number of amides is 2. The van der Waals surface area contributed by atoms with Crippen LogP contribution in [0.2, 0.25) is 10.0 Å². The fourth-order valence-electron chi connectivity index (χ4n) is 4.01. The molecule has 0 unspecified atom stereocenters. The Balaban J connectivity index is 2.13. The minimum atomic E-state index is -4.21. The van der Waals surface area contributed by atoms with E-state index in [0.717, 1.165) is 4.31 Å². The molecular formula is C27H29Cl2N3O5S. The molecule has 202 valence electrons. The molecule has 0 aliphatic carbocycles. The maximum Gasteiger partial charge on any atom is 0.264 e. The minimum absolute atomic E-state index is 0.00209. The van der Waals surface area contributed by atoms with Crippen molar-refractivity contribution in [1.82, 2.24) is 10.2 Å². The molecule has 3 aromatic carbocycles. The van der Waals surface area contributed by atoms with Crippen molar-refractivity contribution < 1.29 is 22.7 Å². The summed E-state index contributed by atoms with van der Waals surface area (Å²) in [6.07, 6.45) is 0.271. The van der Waals surface area contributed by atoms with Crippen molar-refractivity contribution in [2.45, 2.75) is 30.8 Å². The van der Waals surface area contributed by atoms with Gasteiger partial charge in [0.1, 0.15) is 18.3 Å². The third-order valence-corrected chi connectivity index (χ3v) is 8.47. The number of sulfonamides is 1. The summed E-state index contributed by atoms with van der Waals surface area (Å²) in [6.45, 7) is 1.05. The standard InChI is InChI=1S/C27H29Cl2N3O5S/c1-4-23(27(34)30-2)31(17-20-21(28)13-10-14-22(20)29)26(33)18-32(24-15-8-9-16-25(24)37-3)38(35,36)19-11-6-5-7-12-19/h5-16,23H,4,17-18H2,1-3H3,(H,30,34)/t23-/m1/s1. The van der Waals surface area contributed by atoms with Gasteiger partial charge in [-0.2, -0.15) is 0 Å². The largest absolute Gasteiger partial charge is 0.495 e. The van der Waals surface area contributed by atoms with Gasteiger partial charge in [0.25, 0.3) is 10.0 Å². The molecule has 3 aromatic rings. The molecule has 0 aromatic heterocycles. The number of carbonyl (C=O) groups excluding carboxylic acids is 2. The summed E-state index contributed by atoms with van der Waals surface area (Å²) in [6, 6.07) is 18.3. The van der Waals surface area contributed by atoms with Gasteiger partial charge in [-0.15, -0.1) is 0 Å². The summed E-state index contributed by atoms with van der Waals surface area (Å²) < 4.78 is 34.1. The summed E-state index contributed by atoms with van der Waals surface area (Å²) in [5.74, 6) is -0.764. The predicted octanol–water partition coefficient (Wildman–Crippen LogP) is 4.75. The molecule has 0 heterocycles. The molecule has 1 atom stereocenters. The summed E-state index contributed by atoms with van der Waals surface area (Å²) in [4.78, 5) is 28.1. The van der Waals surface area contributed by atoms with Crippen molar-refractivity contribution in [3.05, 3.63) is 88.4 Å². The zero-order valence-electron chi connectivity index (χ0n) is 21.2. The van der Waals surface area contributed by atoms with Crippen molar-refractivity contribution in [2.24, 2.45) is 0 Å². The fraction of sp³-hybridized carbons (Fsp3) is 0.259. The van der Waals surface area contributed by atoms with Gasteiger partial charge in [0.05, 0.1) is 17.7 Å². The summed E-state index contributed by atoms with van der Waals surface area (Å²) in [7, 11) is -1.33. The molecule has 0 fully saturated rings. The smallest absolute Gasteiger partial charge is 0.264 e. The van der Waals surface area contributed by atoms with Gasteiger partial charge in [-0.25, -0.2) is 8.42 Å². The molecule has 0 radical (unpaired) electrons. The van der Waals surface area contributed by atoms with Crippen LogP contribution in [0.5, 0.6) is 5.75 Å². The van der Waals surface area contributed by atoms with Crippen LogP contribution in [0.25, 0.3) is 0 Å². The van der Waals surface area contributed by atoms with E-state index in [0.29, 0.717) is 15.6 Å². The number of hydrogen-bond acceptors (Lipinski definition) is 5. The SMILES string of the molecule is CC[C@H](C(=O)NC)N(Cc1c(Cl)cccc1Cl)C(=O)CN(c1ccccc1OC)S(=O)(=O)c1ccccc1. The Morgan fingerprint density at radius 2 is 1.55 bits per heavy atom. The zero-order valence-corrected chi connectivity index (χ0v) is 23.6. The number of carbonyl (C=O) groups is 2. The molecule has 0 saturated heterocycles. The number of rotatable bonds is 11. The van der Waals surface area contributed by atoms with E-state index in [4.69, 9.17) is 27.9 Å². The molecule has 3 rings (SSSR count). The molecule has 0 bridgehead atoms. The molecule has 0 aliphatic heterocycles. The Kier molecular flexibility index (Phi) is 10.0. The van der Waals surface area contributed by atoms with Gasteiger partial charge in [0.15, 0.2) is 0 Å². The topological polar surface area (TPSA) is 96.0 Å². The second-order valence-corrected chi connectivity index (χ2v) is 10.9. The van der Waals surface area contributed by atoms with E-state index in [-0.39, 0.29) is 29.3 Å². The number of nitrogens with one attached hydrogen (secondary N) is 1. The van der Waals surface area contributed by atoms with E-state index in [9.17, 15) is 18.0 Å². The van der Waals surface area contributed by atoms with Crippen molar-refractivity contribution in [1.29, 1.82) is 0 Å². The van der Waals surface area contributed by atoms with Gasteiger partial charge in [0, 0.05) is 29.2 Å². The molecule has 1 N–H and O–H groups in total.